The molecule has 1 aromatic carbocycles. The minimum Gasteiger partial charge on any atom is -0.359 e. The van der Waals surface area contributed by atoms with Crippen LogP contribution in [0.2, 0.25) is 0 Å². The molecule has 0 spiro atoms. The number of pyridine rings is 1. The lowest BCUT2D eigenvalue weighted by molar-refractivity contribution is -0.128. The van der Waals surface area contributed by atoms with Crippen molar-refractivity contribution in [1.29, 1.82) is 0 Å². The maximum atomic E-state index is 15.1. The van der Waals surface area contributed by atoms with Crippen LogP contribution in [0.25, 0.3) is 22.3 Å². The van der Waals surface area contributed by atoms with Gasteiger partial charge in [0.1, 0.15) is 17.1 Å². The Morgan fingerprint density at radius 1 is 1.07 bits per heavy atom. The number of rotatable bonds is 11. The molecule has 8 N–H and O–H groups in total. The average molecular weight is 633 g/mol. The summed E-state index contributed by atoms with van der Waals surface area (Å²) in [5.74, 6) is 9.42. The van der Waals surface area contributed by atoms with Crippen molar-refractivity contribution in [3.05, 3.63) is 65.9 Å². The summed E-state index contributed by atoms with van der Waals surface area (Å²) in [5, 5.41) is 11.2. The molecule has 6 rings (SSSR count). The maximum Gasteiger partial charge on any atom is 0.295 e. The van der Waals surface area contributed by atoms with Gasteiger partial charge in [0.15, 0.2) is 12.1 Å². The molecule has 0 bridgehead atoms. The van der Waals surface area contributed by atoms with E-state index in [-0.39, 0.29) is 52.5 Å². The second kappa shape index (κ2) is 13.7. The van der Waals surface area contributed by atoms with Gasteiger partial charge in [-0.3, -0.25) is 35.2 Å². The third-order valence-electron chi connectivity index (χ3n) is 8.49. The molecular weight excluding hydrogens is 595 g/mol. The fraction of sp³-hybridized carbons (Fsp3) is 0.367. The minimum atomic E-state index is -0.853. The van der Waals surface area contributed by atoms with Crippen LogP contribution in [0.5, 0.6) is 0 Å². The number of benzene rings is 1. The fourth-order valence-corrected chi connectivity index (χ4v) is 6.00. The predicted octanol–water partition coefficient (Wildman–Crippen LogP) is 0.372. The number of carbonyl (C=O) groups is 3. The Labute approximate surface area is 264 Å². The van der Waals surface area contributed by atoms with E-state index < -0.39 is 23.8 Å². The normalized spacial score (nSPS) is 16.5. The first kappa shape index (κ1) is 31.3. The lowest BCUT2D eigenvalue weighted by Crippen LogP contribution is -2.65. The molecule has 242 valence electrons. The Morgan fingerprint density at radius 2 is 1.80 bits per heavy atom. The topological polar surface area (TPSA) is 198 Å². The lowest BCUT2D eigenvalue weighted by Gasteiger charge is -2.42. The summed E-state index contributed by atoms with van der Waals surface area (Å²) >= 11 is 0. The van der Waals surface area contributed by atoms with Gasteiger partial charge < -0.3 is 20.1 Å². The monoisotopic (exact) mass is 632 g/mol. The zero-order valence-corrected chi connectivity index (χ0v) is 25.2. The van der Waals surface area contributed by atoms with Crippen molar-refractivity contribution in [3.8, 4) is 11.4 Å². The van der Waals surface area contributed by atoms with E-state index in [0.29, 0.717) is 19.6 Å². The van der Waals surface area contributed by atoms with Gasteiger partial charge in [0.2, 0.25) is 0 Å². The largest absolute Gasteiger partial charge is 0.359 e. The number of nitrogens with one attached hydrogen (secondary N) is 4. The lowest BCUT2D eigenvalue weighted by atomic mass is 10.1. The summed E-state index contributed by atoms with van der Waals surface area (Å²) in [6.07, 6.45) is 4.07. The van der Waals surface area contributed by atoms with E-state index >= 15 is 4.39 Å². The van der Waals surface area contributed by atoms with E-state index in [1.165, 1.54) is 35.0 Å². The van der Waals surface area contributed by atoms with Crippen LogP contribution in [0.3, 0.4) is 0 Å². The molecule has 1 unspecified atom stereocenters. The maximum absolute atomic E-state index is 15.1. The number of likely N-dealkylation sites (tertiary alicyclic amines) is 1. The number of carbonyl (C=O) groups excluding carboxylic acids is 3. The van der Waals surface area contributed by atoms with Crippen molar-refractivity contribution >= 4 is 34.2 Å². The number of halogens is 1. The van der Waals surface area contributed by atoms with E-state index in [4.69, 9.17) is 11.7 Å². The molecule has 2 aliphatic rings. The molecule has 15 nitrogen and oxygen atoms in total. The number of aromatic amines is 2. The van der Waals surface area contributed by atoms with Gasteiger partial charge in [0.05, 0.1) is 28.4 Å². The number of hydrogen-bond donors (Lipinski definition) is 6. The number of hydrazine groups is 2. The standard InChI is InChI=1S/C30H37FN12O3/c31-21-18-36-25(22-16-23(39-38-22)28(45)34-8-11-40-9-4-5-10-40)26-24(21)20(17-35-26)27(44)29(46)41-12-14-42(15-13-41)30(37-32)43(33)19-6-2-1-3-7-19/h1-3,6-7,16-18,30,35,37H,4-5,8-15,32-33H2,(H,34,45)(H,38,39). The van der Waals surface area contributed by atoms with Crippen LogP contribution in [0.1, 0.15) is 33.7 Å². The van der Waals surface area contributed by atoms with Gasteiger partial charge in [-0.05, 0) is 44.1 Å². The Kier molecular flexibility index (Phi) is 9.32. The molecule has 2 saturated heterocycles. The molecule has 5 heterocycles. The number of nitrogens with two attached hydrogens (primary N) is 2. The van der Waals surface area contributed by atoms with Crippen LogP contribution in [0.4, 0.5) is 10.1 Å². The summed E-state index contributed by atoms with van der Waals surface area (Å²) in [4.78, 5) is 52.2. The molecule has 16 heteroatoms. The Balaban J connectivity index is 1.12. The number of hydrogen-bond acceptors (Lipinski definition) is 11. The Morgan fingerprint density at radius 3 is 2.52 bits per heavy atom. The molecule has 0 radical (unpaired) electrons. The summed E-state index contributed by atoms with van der Waals surface area (Å²) < 4.78 is 15.1. The number of anilines is 1. The first-order valence-electron chi connectivity index (χ1n) is 15.2. The number of amides is 2. The third kappa shape index (κ3) is 6.33. The first-order chi connectivity index (χ1) is 22.4. The molecule has 3 aromatic heterocycles. The minimum absolute atomic E-state index is 0.0735. The number of piperazine rings is 1. The van der Waals surface area contributed by atoms with E-state index in [1.807, 2.05) is 35.2 Å². The molecule has 2 amide bonds. The molecular formula is C30H37FN12O3. The summed E-state index contributed by atoms with van der Waals surface area (Å²) in [7, 11) is 0. The smallest absolute Gasteiger partial charge is 0.295 e. The number of para-hydroxylation sites is 1. The van der Waals surface area contributed by atoms with Crippen LogP contribution in [0.15, 0.2) is 48.8 Å². The Hall–Kier alpha value is -4.74. The second-order valence-electron chi connectivity index (χ2n) is 11.3. The zero-order chi connectivity index (χ0) is 32.2. The SMILES string of the molecule is NNC(N1CCN(C(=O)C(=O)c2c[nH]c3c(-c4cc(C(=O)NCCN5CCCC5)[nH]n4)ncc(F)c23)CC1)N(N)c1ccccc1. The molecule has 4 aromatic rings. The van der Waals surface area contributed by atoms with Gasteiger partial charge in [0, 0.05) is 45.5 Å². The quantitative estimate of drug-likeness (QED) is 0.0439. The van der Waals surface area contributed by atoms with E-state index in [2.05, 4.69) is 35.8 Å². The van der Waals surface area contributed by atoms with E-state index in [0.717, 1.165) is 31.5 Å². The number of aromatic nitrogens is 4. The third-order valence-corrected chi connectivity index (χ3v) is 8.49. The van der Waals surface area contributed by atoms with Crippen LogP contribution in [-0.2, 0) is 4.79 Å². The second-order valence-corrected chi connectivity index (χ2v) is 11.3. The van der Waals surface area contributed by atoms with Gasteiger partial charge in [-0.25, -0.2) is 20.6 Å². The number of fused-ring (bicyclic) bond motifs is 1. The van der Waals surface area contributed by atoms with Crippen molar-refractivity contribution in [2.24, 2.45) is 11.7 Å². The van der Waals surface area contributed by atoms with Gasteiger partial charge in [-0.15, -0.1) is 0 Å². The highest BCUT2D eigenvalue weighted by Gasteiger charge is 2.33. The molecule has 1 atom stereocenters. The average Bonchev–Trinajstić information content (AvgIpc) is 3.88. The van der Waals surface area contributed by atoms with E-state index in [9.17, 15) is 14.4 Å². The summed E-state index contributed by atoms with van der Waals surface area (Å²) in [6, 6.07) is 10.8. The molecule has 2 aliphatic heterocycles. The van der Waals surface area contributed by atoms with Gasteiger partial charge in [-0.2, -0.15) is 5.10 Å². The predicted molar refractivity (Wildman–Crippen MR) is 168 cm³/mol. The van der Waals surface area contributed by atoms with Gasteiger partial charge in [-0.1, -0.05) is 18.2 Å². The zero-order valence-electron chi connectivity index (χ0n) is 25.2. The van der Waals surface area contributed by atoms with Crippen LogP contribution < -0.4 is 27.4 Å². The van der Waals surface area contributed by atoms with Crippen molar-refractivity contribution < 1.29 is 18.8 Å². The van der Waals surface area contributed by atoms with Crippen LogP contribution in [0, 0.1) is 5.82 Å². The highest BCUT2D eigenvalue weighted by molar-refractivity contribution is 6.45. The van der Waals surface area contributed by atoms with Gasteiger partial charge in [0.25, 0.3) is 17.6 Å². The first-order valence-corrected chi connectivity index (χ1v) is 15.2. The molecule has 2 fully saturated rings. The van der Waals surface area contributed by atoms with Crippen LogP contribution in [-0.4, -0.2) is 111 Å². The highest BCUT2D eigenvalue weighted by atomic mass is 19.1. The number of Topliss-reactive ketones (excluding diaryl/α,β-unsaturated/α-hetero) is 1. The van der Waals surface area contributed by atoms with Crippen molar-refractivity contribution in [1.82, 2.24) is 45.6 Å². The summed E-state index contributed by atoms with van der Waals surface area (Å²) in [6.45, 7) is 4.59. The summed E-state index contributed by atoms with van der Waals surface area (Å²) in [5.41, 5.74) is 4.26. The van der Waals surface area contributed by atoms with Crippen molar-refractivity contribution in [3.63, 3.8) is 0 Å². The Bertz CT molecular complexity index is 1700. The van der Waals surface area contributed by atoms with E-state index in [1.54, 1.807) is 0 Å². The fourth-order valence-electron chi connectivity index (χ4n) is 6.00. The molecule has 0 saturated carbocycles. The number of ketones is 1. The molecule has 0 aliphatic carbocycles. The highest BCUT2D eigenvalue weighted by Crippen LogP contribution is 2.30. The molecule has 46 heavy (non-hydrogen) atoms. The van der Waals surface area contributed by atoms with Crippen LogP contribution >= 0.6 is 0 Å². The number of H-pyrrole nitrogens is 2. The van der Waals surface area contributed by atoms with Gasteiger partial charge >= 0.3 is 0 Å². The number of nitrogens with zero attached hydrogens (tertiary/aromatic N) is 6. The van der Waals surface area contributed by atoms with Crippen molar-refractivity contribution in [2.75, 3.05) is 57.4 Å². The van der Waals surface area contributed by atoms with Crippen molar-refractivity contribution in [2.45, 2.75) is 19.1 Å².